The molecular formula is C29H22BrNO7. The summed E-state index contributed by atoms with van der Waals surface area (Å²) in [5.41, 5.74) is 2.20. The Hall–Kier alpha value is -3.85. The van der Waals surface area contributed by atoms with E-state index >= 15 is 0 Å². The molecule has 9 heteroatoms. The Labute approximate surface area is 225 Å². The second kappa shape index (κ2) is 8.87. The van der Waals surface area contributed by atoms with E-state index in [0.717, 1.165) is 21.4 Å². The van der Waals surface area contributed by atoms with Crippen LogP contribution in [0.4, 0.5) is 0 Å². The van der Waals surface area contributed by atoms with Crippen LogP contribution in [0.3, 0.4) is 0 Å². The van der Waals surface area contributed by atoms with Gasteiger partial charge in [-0.15, -0.1) is 0 Å². The van der Waals surface area contributed by atoms with Gasteiger partial charge in [-0.1, -0.05) is 42.0 Å². The molecule has 0 aromatic heterocycles. The molecule has 192 valence electrons. The van der Waals surface area contributed by atoms with Gasteiger partial charge >= 0.3 is 5.97 Å². The number of ketones is 2. The summed E-state index contributed by atoms with van der Waals surface area (Å²) in [6.07, 6.45) is 3.26. The average molecular weight is 576 g/mol. The first kappa shape index (κ1) is 24.5. The number of carboxylic acids is 1. The van der Waals surface area contributed by atoms with Crippen molar-refractivity contribution in [2.75, 3.05) is 6.54 Å². The number of carboxylic acid groups (broad SMARTS) is 1. The van der Waals surface area contributed by atoms with E-state index in [1.165, 1.54) is 6.08 Å². The molecule has 2 aromatic rings. The SMILES string of the molecule is O=C(O)CCN1C(=O)C2CC=C3C(c4ccc(O)c5ccccc45)C4=C(CC3C2C1=O)C(=O)C(Br)=CC4=O. The average Bonchev–Trinajstić information content (AvgIpc) is 3.14. The molecule has 2 N–H and O–H groups in total. The molecule has 2 amide bonds. The van der Waals surface area contributed by atoms with Crippen molar-refractivity contribution in [2.24, 2.45) is 17.8 Å². The summed E-state index contributed by atoms with van der Waals surface area (Å²) in [6.45, 7) is -0.201. The van der Waals surface area contributed by atoms with Gasteiger partial charge < -0.3 is 10.2 Å². The topological polar surface area (TPSA) is 129 Å². The number of fused-ring (bicyclic) bond motifs is 4. The number of aromatic hydroxyl groups is 1. The van der Waals surface area contributed by atoms with E-state index in [4.69, 9.17) is 5.11 Å². The number of halogens is 1. The van der Waals surface area contributed by atoms with Crippen LogP contribution < -0.4 is 0 Å². The number of phenolic OH excluding ortho intramolecular Hbond substituents is 1. The number of carbonyl (C=O) groups is 5. The molecule has 4 atom stereocenters. The highest BCUT2D eigenvalue weighted by atomic mass is 79.9. The van der Waals surface area contributed by atoms with Crippen molar-refractivity contribution in [3.63, 3.8) is 0 Å². The lowest BCUT2D eigenvalue weighted by Gasteiger charge is -2.42. The van der Waals surface area contributed by atoms with Crippen LogP contribution in [0.15, 0.2) is 69.8 Å². The normalized spacial score (nSPS) is 26.7. The number of likely N-dealkylation sites (tertiary alicyclic amines) is 1. The first-order chi connectivity index (χ1) is 18.2. The monoisotopic (exact) mass is 575 g/mol. The van der Waals surface area contributed by atoms with Gasteiger partial charge in [-0.25, -0.2) is 0 Å². The molecular weight excluding hydrogens is 554 g/mol. The lowest BCUT2D eigenvalue weighted by Crippen LogP contribution is -2.39. The van der Waals surface area contributed by atoms with E-state index < -0.39 is 41.5 Å². The Morgan fingerprint density at radius 2 is 1.74 bits per heavy atom. The third-order valence-corrected chi connectivity index (χ3v) is 8.81. The first-order valence-electron chi connectivity index (χ1n) is 12.4. The number of amides is 2. The quantitative estimate of drug-likeness (QED) is 0.322. The molecule has 1 heterocycles. The molecule has 8 nitrogen and oxygen atoms in total. The largest absolute Gasteiger partial charge is 0.507 e. The number of carbonyl (C=O) groups excluding carboxylic acids is 4. The van der Waals surface area contributed by atoms with Crippen LogP contribution in [0.1, 0.15) is 30.7 Å². The van der Waals surface area contributed by atoms with Crippen molar-refractivity contribution in [1.82, 2.24) is 4.90 Å². The summed E-state index contributed by atoms with van der Waals surface area (Å²) in [7, 11) is 0. The summed E-state index contributed by atoms with van der Waals surface area (Å²) < 4.78 is 0.146. The second-order valence-corrected chi connectivity index (χ2v) is 10.9. The number of Topliss-reactive ketones (excluding diaryl/α,β-unsaturated/α-hetero) is 1. The Morgan fingerprint density at radius 1 is 1.00 bits per heavy atom. The fourth-order valence-electron chi connectivity index (χ4n) is 6.61. The van der Waals surface area contributed by atoms with Gasteiger partial charge in [0.1, 0.15) is 5.75 Å². The van der Waals surface area contributed by atoms with Crippen LogP contribution in [0.25, 0.3) is 10.8 Å². The van der Waals surface area contributed by atoms with E-state index in [9.17, 15) is 29.1 Å². The molecule has 1 saturated heterocycles. The number of hydrogen-bond acceptors (Lipinski definition) is 6. The van der Waals surface area contributed by atoms with Crippen molar-refractivity contribution in [3.05, 3.63) is 75.3 Å². The highest BCUT2D eigenvalue weighted by Gasteiger charge is 2.56. The minimum Gasteiger partial charge on any atom is -0.507 e. The fourth-order valence-corrected chi connectivity index (χ4v) is 7.06. The predicted octanol–water partition coefficient (Wildman–Crippen LogP) is 3.78. The Kier molecular flexibility index (Phi) is 5.72. The maximum absolute atomic E-state index is 13.6. The van der Waals surface area contributed by atoms with Crippen LogP contribution in [-0.2, 0) is 24.0 Å². The van der Waals surface area contributed by atoms with E-state index in [0.29, 0.717) is 16.5 Å². The van der Waals surface area contributed by atoms with Crippen molar-refractivity contribution in [3.8, 4) is 5.75 Å². The molecule has 1 aliphatic heterocycles. The molecule has 0 bridgehead atoms. The molecule has 0 saturated carbocycles. The Bertz CT molecular complexity index is 1580. The Balaban J connectivity index is 1.53. The highest BCUT2D eigenvalue weighted by molar-refractivity contribution is 9.12. The summed E-state index contributed by atoms with van der Waals surface area (Å²) in [6, 6.07) is 10.6. The van der Waals surface area contributed by atoms with Gasteiger partial charge in [-0.05, 0) is 51.7 Å². The zero-order chi connectivity index (χ0) is 26.9. The zero-order valence-electron chi connectivity index (χ0n) is 20.0. The smallest absolute Gasteiger partial charge is 0.305 e. The molecule has 6 rings (SSSR count). The molecule has 38 heavy (non-hydrogen) atoms. The van der Waals surface area contributed by atoms with Crippen molar-refractivity contribution >= 4 is 56.1 Å². The van der Waals surface area contributed by atoms with Crippen LogP contribution in [0.5, 0.6) is 5.75 Å². The molecule has 4 unspecified atom stereocenters. The standard InChI is InChI=1S/C29H22BrNO7/c30-20-12-22(33)26-19(27(20)36)11-18-16(24(26)15-7-8-21(32)14-4-2-1-3-13(14)15)5-6-17-25(18)29(38)31(28(17)37)10-9-23(34)35/h1-5,7-8,12,17-18,24-25,32H,6,9-11H2,(H,34,35). The summed E-state index contributed by atoms with van der Waals surface area (Å²) in [5.74, 6) is -5.00. The zero-order valence-corrected chi connectivity index (χ0v) is 21.6. The highest BCUT2D eigenvalue weighted by Crippen LogP contribution is 2.56. The van der Waals surface area contributed by atoms with Crippen molar-refractivity contribution in [1.29, 1.82) is 0 Å². The number of nitrogens with zero attached hydrogens (tertiary/aromatic N) is 1. The maximum atomic E-state index is 13.6. The van der Waals surface area contributed by atoms with Gasteiger partial charge in [-0.2, -0.15) is 0 Å². The fraction of sp³-hybridized carbons (Fsp3) is 0.276. The number of aliphatic carboxylic acids is 1. The van der Waals surface area contributed by atoms with E-state index in [2.05, 4.69) is 15.9 Å². The number of allylic oxidation sites excluding steroid dienone is 6. The molecule has 2 aromatic carbocycles. The van der Waals surface area contributed by atoms with Crippen LogP contribution in [0.2, 0.25) is 0 Å². The summed E-state index contributed by atoms with van der Waals surface area (Å²) in [4.78, 5) is 65.6. The number of imide groups is 1. The molecule has 0 spiro atoms. The van der Waals surface area contributed by atoms with Crippen LogP contribution in [0, 0.1) is 17.8 Å². The molecule has 4 aliphatic rings. The lowest BCUT2D eigenvalue weighted by molar-refractivity contribution is -0.142. The number of phenols is 1. The van der Waals surface area contributed by atoms with Crippen LogP contribution in [-0.4, -0.2) is 51.0 Å². The number of hydrogen-bond donors (Lipinski definition) is 2. The van der Waals surface area contributed by atoms with Gasteiger partial charge in [0.15, 0.2) is 11.6 Å². The molecule has 0 radical (unpaired) electrons. The summed E-state index contributed by atoms with van der Waals surface area (Å²) >= 11 is 3.22. The third-order valence-electron chi connectivity index (χ3n) is 8.22. The lowest BCUT2D eigenvalue weighted by atomic mass is 9.59. The van der Waals surface area contributed by atoms with Gasteiger partial charge in [0, 0.05) is 35.1 Å². The van der Waals surface area contributed by atoms with Gasteiger partial charge in [0.25, 0.3) is 0 Å². The molecule has 1 fully saturated rings. The Morgan fingerprint density at radius 3 is 2.47 bits per heavy atom. The van der Waals surface area contributed by atoms with E-state index in [1.54, 1.807) is 24.3 Å². The molecule has 3 aliphatic carbocycles. The van der Waals surface area contributed by atoms with Gasteiger partial charge in [0.05, 0.1) is 22.7 Å². The maximum Gasteiger partial charge on any atom is 0.305 e. The first-order valence-corrected chi connectivity index (χ1v) is 13.1. The van der Waals surface area contributed by atoms with E-state index in [-0.39, 0.29) is 47.6 Å². The van der Waals surface area contributed by atoms with Crippen LogP contribution >= 0.6 is 15.9 Å². The minimum atomic E-state index is -1.10. The minimum absolute atomic E-state index is 0.0860. The number of benzene rings is 2. The van der Waals surface area contributed by atoms with Crippen molar-refractivity contribution < 1.29 is 34.2 Å². The third kappa shape index (κ3) is 3.52. The number of rotatable bonds is 4. The van der Waals surface area contributed by atoms with Gasteiger partial charge in [-0.3, -0.25) is 28.9 Å². The van der Waals surface area contributed by atoms with Crippen molar-refractivity contribution in [2.45, 2.75) is 25.2 Å². The summed E-state index contributed by atoms with van der Waals surface area (Å²) in [5, 5.41) is 20.9. The van der Waals surface area contributed by atoms with E-state index in [1.807, 2.05) is 18.2 Å². The predicted molar refractivity (Wildman–Crippen MR) is 139 cm³/mol. The second-order valence-electron chi connectivity index (χ2n) is 10.1. The van der Waals surface area contributed by atoms with Gasteiger partial charge in [0.2, 0.25) is 11.8 Å².